The van der Waals surface area contributed by atoms with E-state index >= 15 is 0 Å². The third-order valence-electron chi connectivity index (χ3n) is 11.8. The van der Waals surface area contributed by atoms with Gasteiger partial charge >= 0.3 is 12.1 Å². The topological polar surface area (TPSA) is 170 Å². The third-order valence-corrected chi connectivity index (χ3v) is 12.9. The highest BCUT2D eigenvalue weighted by molar-refractivity contribution is 7.10. The van der Waals surface area contributed by atoms with Crippen molar-refractivity contribution >= 4 is 52.3 Å². The predicted molar refractivity (Wildman–Crippen MR) is 212 cm³/mol. The predicted octanol–water partition coefficient (Wildman–Crippen LogP) is 6.96. The van der Waals surface area contributed by atoms with Gasteiger partial charge in [-0.15, -0.1) is 17.9 Å². The van der Waals surface area contributed by atoms with Crippen molar-refractivity contribution < 1.29 is 38.5 Å². The number of carboxylic acid groups (broad SMARTS) is 1. The Morgan fingerprint density at radius 1 is 1.07 bits per heavy atom. The maximum Gasteiger partial charge on any atom is 0.408 e. The molecule has 2 N–H and O–H groups in total. The number of hydrogen-bond acceptors (Lipinski definition) is 10. The number of ether oxygens (including phenoxy) is 3. The molecular formula is C42H51N5O8S. The molecule has 3 saturated carbocycles. The van der Waals surface area contributed by atoms with E-state index in [9.17, 15) is 24.3 Å². The Bertz CT molecular complexity index is 2100. The first-order valence-electron chi connectivity index (χ1n) is 19.4. The first-order chi connectivity index (χ1) is 26.5. The monoisotopic (exact) mass is 785 g/mol. The van der Waals surface area contributed by atoms with Crippen molar-refractivity contribution in [2.75, 3.05) is 13.7 Å². The number of carboxylic acids is 1. The van der Waals surface area contributed by atoms with Crippen LogP contribution in [-0.2, 0) is 19.1 Å². The molecule has 14 heteroatoms. The van der Waals surface area contributed by atoms with E-state index in [1.54, 1.807) is 24.5 Å². The van der Waals surface area contributed by atoms with Crippen molar-refractivity contribution in [3.8, 4) is 22.9 Å². The number of pyridine rings is 1. The number of nitrogens with zero attached hydrogens (tertiary/aromatic N) is 4. The Labute approximate surface area is 330 Å². The summed E-state index contributed by atoms with van der Waals surface area (Å²) in [4.78, 5) is 69.5. The van der Waals surface area contributed by atoms with Crippen LogP contribution in [0.3, 0.4) is 0 Å². The lowest BCUT2D eigenvalue weighted by Gasteiger charge is -2.35. The zero-order valence-electron chi connectivity index (χ0n) is 33.0. The van der Waals surface area contributed by atoms with Crippen LogP contribution in [0.2, 0.25) is 0 Å². The highest BCUT2D eigenvalue weighted by atomic mass is 32.1. The second-order valence-corrected chi connectivity index (χ2v) is 18.1. The SMILES string of the molecule is C=C[C@@H]1C[C@]1(C=NC(=O)[C@@H]1C[C@@H](Oc2cc(-c3csc(C(C)C)n3)nc3c(C)c(OC)ccc23)CN1C(=O)[C@@H](NC(=O)OC1C[C@@H]2C[C@@H]2C1)C(C)(C)C)C(=O)O. The quantitative estimate of drug-likeness (QED) is 0.145. The first kappa shape index (κ1) is 39.4. The zero-order chi connectivity index (χ0) is 40.3. The highest BCUT2D eigenvalue weighted by Gasteiger charge is 2.58. The average Bonchev–Trinajstić information content (AvgIpc) is 3.80. The molecule has 3 aromatic rings. The summed E-state index contributed by atoms with van der Waals surface area (Å²) in [7, 11) is 1.60. The number of rotatable bonds is 12. The standard InChI is InChI=1S/C42H51N5O8S/c1-9-25-17-42(25,39(50)51)20-43-36(48)31-15-27(18-47(31)38(49)35(41(5,6)7)46-40(52)55-26-13-23-12-24(23)14-26)54-33-16-29(30-19-56-37(45-30)21(2)3)44-34-22(4)32(53-8)11-10-28(33)34/h9-11,16,19-21,23-27,31,35H,1,12-15,17-18H2,2-8H3,(H,46,52)(H,50,51)/t23-,24+,25-,26?,27-,31+,35-,42-/m1/s1. The van der Waals surface area contributed by atoms with Crippen molar-refractivity contribution in [3.63, 3.8) is 0 Å². The maximum atomic E-state index is 14.6. The van der Waals surface area contributed by atoms with Crippen LogP contribution in [0, 0.1) is 35.5 Å². The van der Waals surface area contributed by atoms with Gasteiger partial charge in [-0.3, -0.25) is 14.4 Å². The van der Waals surface area contributed by atoms with Gasteiger partial charge in [0.2, 0.25) is 5.91 Å². The van der Waals surface area contributed by atoms with Gasteiger partial charge in [0.1, 0.15) is 41.2 Å². The number of thiazole rings is 1. The summed E-state index contributed by atoms with van der Waals surface area (Å²) in [6, 6.07) is 3.40. The molecule has 1 aromatic carbocycles. The van der Waals surface area contributed by atoms with Gasteiger partial charge in [0.15, 0.2) is 0 Å². The molecule has 298 valence electrons. The van der Waals surface area contributed by atoms with Crippen LogP contribution in [0.25, 0.3) is 22.3 Å². The van der Waals surface area contributed by atoms with Crippen LogP contribution in [0.1, 0.15) is 83.2 Å². The number of amides is 3. The van der Waals surface area contributed by atoms with Gasteiger partial charge in [-0.1, -0.05) is 40.7 Å². The zero-order valence-corrected chi connectivity index (χ0v) is 33.9. The fourth-order valence-electron chi connectivity index (χ4n) is 8.23. The number of allylic oxidation sites excluding steroid dienone is 1. The number of aryl methyl sites for hydroxylation is 1. The molecule has 3 heterocycles. The van der Waals surface area contributed by atoms with Crippen molar-refractivity contribution in [1.82, 2.24) is 20.2 Å². The number of methoxy groups -OCH3 is 1. The minimum absolute atomic E-state index is 0.00188. The van der Waals surface area contributed by atoms with Gasteiger partial charge in [0.25, 0.3) is 5.91 Å². The lowest BCUT2D eigenvalue weighted by Crippen LogP contribution is -2.57. The molecule has 13 nitrogen and oxygen atoms in total. The van der Waals surface area contributed by atoms with Crippen LogP contribution in [0.4, 0.5) is 4.79 Å². The molecular weight excluding hydrogens is 735 g/mol. The van der Waals surface area contributed by atoms with E-state index in [4.69, 9.17) is 24.2 Å². The van der Waals surface area contributed by atoms with Gasteiger partial charge < -0.3 is 29.5 Å². The summed E-state index contributed by atoms with van der Waals surface area (Å²) in [5.74, 6) is -0.0115. The van der Waals surface area contributed by atoms with Crippen molar-refractivity contribution in [1.29, 1.82) is 0 Å². The Kier molecular flexibility index (Phi) is 10.5. The summed E-state index contributed by atoms with van der Waals surface area (Å²) in [6.07, 6.45) is 4.38. The number of alkyl carbamates (subject to hydrolysis) is 1. The fraction of sp³-hybridized carbons (Fsp3) is 0.548. The molecule has 4 aliphatic rings. The Hall–Kier alpha value is -4.85. The number of benzene rings is 1. The summed E-state index contributed by atoms with van der Waals surface area (Å²) < 4.78 is 18.1. The summed E-state index contributed by atoms with van der Waals surface area (Å²) >= 11 is 1.56. The van der Waals surface area contributed by atoms with Crippen molar-refractivity contribution in [2.45, 2.75) is 104 Å². The van der Waals surface area contributed by atoms with E-state index in [0.717, 1.165) is 23.4 Å². The van der Waals surface area contributed by atoms with Crippen LogP contribution < -0.4 is 14.8 Å². The number of hydrogen-bond donors (Lipinski definition) is 2. The number of aliphatic imine (C=N–C) groups is 1. The number of likely N-dealkylation sites (tertiary alicyclic amines) is 1. The third kappa shape index (κ3) is 7.64. The fourth-order valence-corrected chi connectivity index (χ4v) is 9.05. The molecule has 1 saturated heterocycles. The molecule has 1 unspecified atom stereocenters. The van der Waals surface area contributed by atoms with Gasteiger partial charge in [-0.2, -0.15) is 0 Å². The van der Waals surface area contributed by atoms with E-state index in [2.05, 4.69) is 30.7 Å². The largest absolute Gasteiger partial charge is 0.496 e. The second-order valence-electron chi connectivity index (χ2n) is 17.2. The maximum absolute atomic E-state index is 14.6. The molecule has 4 fully saturated rings. The average molecular weight is 786 g/mol. The second kappa shape index (κ2) is 14.9. The molecule has 3 amide bonds. The van der Waals surface area contributed by atoms with Crippen LogP contribution in [-0.4, -0.2) is 88.0 Å². The molecule has 0 radical (unpaired) electrons. The minimum Gasteiger partial charge on any atom is -0.496 e. The molecule has 56 heavy (non-hydrogen) atoms. The lowest BCUT2D eigenvalue weighted by molar-refractivity contribution is -0.141. The van der Waals surface area contributed by atoms with Crippen molar-refractivity contribution in [2.24, 2.45) is 33.6 Å². The summed E-state index contributed by atoms with van der Waals surface area (Å²) in [5.41, 5.74) is 0.686. The first-order valence-corrected chi connectivity index (χ1v) is 20.2. The van der Waals surface area contributed by atoms with E-state index in [-0.39, 0.29) is 37.3 Å². The Morgan fingerprint density at radius 2 is 1.80 bits per heavy atom. The van der Waals surface area contributed by atoms with Crippen LogP contribution >= 0.6 is 11.3 Å². The number of carbonyl (C=O) groups excluding carboxylic acids is 3. The molecule has 0 spiro atoms. The highest BCUT2D eigenvalue weighted by Crippen LogP contribution is 2.53. The van der Waals surface area contributed by atoms with Gasteiger partial charge in [-0.05, 0) is 67.9 Å². The van der Waals surface area contributed by atoms with E-state index in [0.29, 0.717) is 45.6 Å². The lowest BCUT2D eigenvalue weighted by atomic mass is 9.85. The summed E-state index contributed by atoms with van der Waals surface area (Å²) in [6.45, 7) is 15.3. The molecule has 1 aliphatic heterocycles. The van der Waals surface area contributed by atoms with E-state index in [1.807, 2.05) is 51.3 Å². The molecule has 3 aliphatic carbocycles. The van der Waals surface area contributed by atoms with Gasteiger partial charge in [-0.25, -0.2) is 19.8 Å². The molecule has 0 bridgehead atoms. The van der Waals surface area contributed by atoms with Crippen molar-refractivity contribution in [3.05, 3.63) is 46.8 Å². The number of carbonyl (C=O) groups is 4. The number of aromatic nitrogens is 2. The Balaban J connectivity index is 1.21. The smallest absolute Gasteiger partial charge is 0.408 e. The van der Waals surface area contributed by atoms with Gasteiger partial charge in [0.05, 0.1) is 35.6 Å². The van der Waals surface area contributed by atoms with Crippen LogP contribution in [0.15, 0.2) is 41.2 Å². The van der Waals surface area contributed by atoms with Gasteiger partial charge in [0, 0.05) is 40.9 Å². The Morgan fingerprint density at radius 3 is 2.41 bits per heavy atom. The minimum atomic E-state index is -1.32. The number of fused-ring (bicyclic) bond motifs is 2. The van der Waals surface area contributed by atoms with E-state index < -0.39 is 52.9 Å². The molecule has 2 aromatic heterocycles. The molecule has 8 atom stereocenters. The molecule has 7 rings (SSSR count). The van der Waals surface area contributed by atoms with E-state index in [1.165, 1.54) is 17.5 Å². The summed E-state index contributed by atoms with van der Waals surface area (Å²) in [5, 5.41) is 16.4. The normalized spacial score (nSPS) is 27.2. The van der Waals surface area contributed by atoms with Crippen LogP contribution in [0.5, 0.6) is 11.5 Å². The number of nitrogens with one attached hydrogen (secondary N) is 1. The number of aliphatic carboxylic acids is 1.